The summed E-state index contributed by atoms with van der Waals surface area (Å²) in [6.07, 6.45) is 0. The van der Waals surface area contributed by atoms with Crippen molar-refractivity contribution in [2.45, 2.75) is 20.4 Å². The van der Waals surface area contributed by atoms with Crippen LogP contribution in [0.4, 0.5) is 0 Å². The fourth-order valence-electron chi connectivity index (χ4n) is 2.42. The molecule has 0 spiro atoms. The standard InChI is InChI=1S/C16H28N2O2/c1-6-18(7-2)11-10-17(3)13-14-8-9-15(19-4)16(12-14)20-5/h8-9,12H,6-7,10-11,13H2,1-5H3/p+2. The first kappa shape index (κ1) is 16.8. The minimum absolute atomic E-state index is 0.793. The van der Waals surface area contributed by atoms with Gasteiger partial charge in [-0.1, -0.05) is 0 Å². The van der Waals surface area contributed by atoms with Gasteiger partial charge in [0.1, 0.15) is 19.6 Å². The Labute approximate surface area is 123 Å². The van der Waals surface area contributed by atoms with Crippen LogP contribution in [0.2, 0.25) is 0 Å². The van der Waals surface area contributed by atoms with Crippen LogP contribution in [-0.2, 0) is 6.54 Å². The minimum atomic E-state index is 0.793. The normalized spacial score (nSPS) is 12.5. The molecular formula is C16H30N2O2+2. The van der Waals surface area contributed by atoms with Crippen LogP contribution in [0.25, 0.3) is 0 Å². The van der Waals surface area contributed by atoms with Crippen LogP contribution in [0.3, 0.4) is 0 Å². The molecule has 1 rings (SSSR count). The third-order valence-electron chi connectivity index (χ3n) is 3.86. The number of benzene rings is 1. The monoisotopic (exact) mass is 282 g/mol. The fraction of sp³-hybridized carbons (Fsp3) is 0.625. The highest BCUT2D eigenvalue weighted by atomic mass is 16.5. The van der Waals surface area contributed by atoms with E-state index in [1.54, 1.807) is 19.1 Å². The van der Waals surface area contributed by atoms with Crippen molar-refractivity contribution >= 4 is 0 Å². The van der Waals surface area contributed by atoms with Gasteiger partial charge < -0.3 is 19.3 Å². The second-order valence-electron chi connectivity index (χ2n) is 5.28. The Morgan fingerprint density at radius 3 is 2.15 bits per heavy atom. The highest BCUT2D eigenvalue weighted by molar-refractivity contribution is 5.42. The lowest BCUT2D eigenvalue weighted by Crippen LogP contribution is -3.18. The van der Waals surface area contributed by atoms with Crippen LogP contribution >= 0.6 is 0 Å². The molecule has 0 amide bonds. The van der Waals surface area contributed by atoms with Gasteiger partial charge in [-0.2, -0.15) is 0 Å². The van der Waals surface area contributed by atoms with Crippen molar-refractivity contribution < 1.29 is 19.3 Å². The Hall–Kier alpha value is -1.26. The third-order valence-corrected chi connectivity index (χ3v) is 3.86. The van der Waals surface area contributed by atoms with E-state index in [0.717, 1.165) is 18.0 Å². The van der Waals surface area contributed by atoms with Crippen LogP contribution in [0.1, 0.15) is 19.4 Å². The molecule has 0 saturated heterocycles. The van der Waals surface area contributed by atoms with Crippen molar-refractivity contribution in [2.24, 2.45) is 0 Å². The molecule has 0 heterocycles. The van der Waals surface area contributed by atoms with Crippen molar-refractivity contribution in [1.29, 1.82) is 0 Å². The van der Waals surface area contributed by atoms with Gasteiger partial charge in [0.15, 0.2) is 11.5 Å². The summed E-state index contributed by atoms with van der Waals surface area (Å²) in [7, 11) is 5.60. The van der Waals surface area contributed by atoms with Gasteiger partial charge in [-0.25, -0.2) is 0 Å². The van der Waals surface area contributed by atoms with E-state index in [9.17, 15) is 0 Å². The zero-order chi connectivity index (χ0) is 15.0. The minimum Gasteiger partial charge on any atom is -0.493 e. The predicted octanol–water partition coefficient (Wildman–Crippen LogP) is -0.357. The summed E-state index contributed by atoms with van der Waals surface area (Å²) >= 11 is 0. The average Bonchev–Trinajstić information content (AvgIpc) is 2.48. The van der Waals surface area contributed by atoms with E-state index >= 15 is 0 Å². The van der Waals surface area contributed by atoms with Crippen LogP contribution in [0.5, 0.6) is 11.5 Å². The van der Waals surface area contributed by atoms with E-state index in [0.29, 0.717) is 0 Å². The molecule has 0 bridgehead atoms. The first-order valence-corrected chi connectivity index (χ1v) is 7.50. The Kier molecular flexibility index (Phi) is 7.41. The van der Waals surface area contributed by atoms with Gasteiger partial charge >= 0.3 is 0 Å². The number of hydrogen-bond acceptors (Lipinski definition) is 2. The molecule has 0 radical (unpaired) electrons. The highest BCUT2D eigenvalue weighted by Gasteiger charge is 2.11. The number of hydrogen-bond donors (Lipinski definition) is 2. The Bertz CT molecular complexity index is 392. The number of ether oxygens (including phenoxy) is 2. The second kappa shape index (κ2) is 8.82. The summed E-state index contributed by atoms with van der Waals surface area (Å²) in [6.45, 7) is 10.4. The van der Waals surface area contributed by atoms with Gasteiger partial charge in [0.05, 0.1) is 34.4 Å². The number of nitrogens with one attached hydrogen (secondary N) is 2. The van der Waals surface area contributed by atoms with E-state index < -0.39 is 0 Å². The molecule has 1 atom stereocenters. The first-order chi connectivity index (χ1) is 9.64. The second-order valence-corrected chi connectivity index (χ2v) is 5.28. The van der Waals surface area contributed by atoms with Crippen molar-refractivity contribution in [2.75, 3.05) is 47.4 Å². The van der Waals surface area contributed by atoms with Crippen LogP contribution in [0, 0.1) is 0 Å². The smallest absolute Gasteiger partial charge is 0.161 e. The number of likely N-dealkylation sites (N-methyl/N-ethyl adjacent to an activating group) is 2. The molecule has 1 aromatic rings. The maximum atomic E-state index is 5.35. The van der Waals surface area contributed by atoms with E-state index in [1.165, 1.54) is 36.6 Å². The van der Waals surface area contributed by atoms with Crippen molar-refractivity contribution in [3.63, 3.8) is 0 Å². The van der Waals surface area contributed by atoms with Gasteiger partial charge in [-0.05, 0) is 32.0 Å². The molecule has 20 heavy (non-hydrogen) atoms. The average molecular weight is 282 g/mol. The first-order valence-electron chi connectivity index (χ1n) is 7.50. The molecule has 0 aromatic heterocycles. The Balaban J connectivity index is 2.55. The molecule has 114 valence electrons. The number of quaternary nitrogens is 2. The van der Waals surface area contributed by atoms with E-state index in [4.69, 9.17) is 9.47 Å². The quantitative estimate of drug-likeness (QED) is 0.647. The zero-order valence-corrected chi connectivity index (χ0v) is 13.6. The van der Waals surface area contributed by atoms with Crippen LogP contribution in [-0.4, -0.2) is 47.4 Å². The van der Waals surface area contributed by atoms with Gasteiger partial charge in [0.25, 0.3) is 0 Å². The molecule has 2 N–H and O–H groups in total. The molecule has 4 nitrogen and oxygen atoms in total. The van der Waals surface area contributed by atoms with Gasteiger partial charge in [-0.15, -0.1) is 0 Å². The van der Waals surface area contributed by atoms with Gasteiger partial charge in [0, 0.05) is 5.56 Å². The molecule has 0 aliphatic heterocycles. The highest BCUT2D eigenvalue weighted by Crippen LogP contribution is 2.27. The van der Waals surface area contributed by atoms with Gasteiger partial charge in [-0.3, -0.25) is 0 Å². The van der Waals surface area contributed by atoms with E-state index in [2.05, 4.69) is 33.0 Å². The molecule has 0 aliphatic carbocycles. The third kappa shape index (κ3) is 5.02. The van der Waals surface area contributed by atoms with Crippen LogP contribution < -0.4 is 19.3 Å². The fourth-order valence-corrected chi connectivity index (χ4v) is 2.42. The number of methoxy groups -OCH3 is 2. The summed E-state index contributed by atoms with van der Waals surface area (Å²) in [5.74, 6) is 1.61. The van der Waals surface area contributed by atoms with E-state index in [-0.39, 0.29) is 0 Å². The lowest BCUT2D eigenvalue weighted by atomic mass is 10.2. The predicted molar refractivity (Wildman–Crippen MR) is 81.9 cm³/mol. The molecule has 0 saturated carbocycles. The molecule has 1 aromatic carbocycles. The van der Waals surface area contributed by atoms with Crippen molar-refractivity contribution in [3.8, 4) is 11.5 Å². The molecule has 0 fully saturated rings. The Morgan fingerprint density at radius 1 is 0.950 bits per heavy atom. The largest absolute Gasteiger partial charge is 0.493 e. The zero-order valence-electron chi connectivity index (χ0n) is 13.6. The molecule has 0 aliphatic rings. The summed E-state index contributed by atoms with van der Waals surface area (Å²) in [5, 5.41) is 0. The molecular weight excluding hydrogens is 252 g/mol. The van der Waals surface area contributed by atoms with Gasteiger partial charge in [0.2, 0.25) is 0 Å². The SMILES string of the molecule is CC[NH+](CC)CC[NH+](C)Cc1ccc(OC)c(OC)c1. The lowest BCUT2D eigenvalue weighted by Gasteiger charge is -2.19. The molecule has 4 heteroatoms. The topological polar surface area (TPSA) is 27.3 Å². The lowest BCUT2D eigenvalue weighted by molar-refractivity contribution is -0.953. The van der Waals surface area contributed by atoms with Crippen molar-refractivity contribution in [3.05, 3.63) is 23.8 Å². The number of rotatable bonds is 9. The maximum absolute atomic E-state index is 5.35. The summed E-state index contributed by atoms with van der Waals surface area (Å²) in [5.41, 5.74) is 1.29. The molecule has 1 unspecified atom stereocenters. The van der Waals surface area contributed by atoms with Crippen molar-refractivity contribution in [1.82, 2.24) is 0 Å². The van der Waals surface area contributed by atoms with Crippen LogP contribution in [0.15, 0.2) is 18.2 Å². The summed E-state index contributed by atoms with van der Waals surface area (Å²) < 4.78 is 10.6. The summed E-state index contributed by atoms with van der Waals surface area (Å²) in [6, 6.07) is 6.18. The summed E-state index contributed by atoms with van der Waals surface area (Å²) in [4.78, 5) is 3.19. The maximum Gasteiger partial charge on any atom is 0.161 e. The van der Waals surface area contributed by atoms with E-state index in [1.807, 2.05) is 6.07 Å². The Morgan fingerprint density at radius 2 is 1.60 bits per heavy atom.